The van der Waals surface area contributed by atoms with Crippen molar-refractivity contribution in [3.05, 3.63) is 42.6 Å². The predicted octanol–water partition coefficient (Wildman–Crippen LogP) is 3.59. The molecule has 5 heterocycles. The molecule has 0 aromatic carbocycles. The molecule has 0 unspecified atom stereocenters. The molecule has 9 heteroatoms. The Labute approximate surface area is 181 Å². The van der Waals surface area contributed by atoms with Crippen molar-refractivity contribution >= 4 is 21.1 Å². The Balaban J connectivity index is 1.30. The van der Waals surface area contributed by atoms with Crippen molar-refractivity contribution in [1.82, 2.24) is 23.8 Å². The van der Waals surface area contributed by atoms with Gasteiger partial charge in [0.2, 0.25) is 15.9 Å². The highest BCUT2D eigenvalue weighted by Gasteiger charge is 2.51. The number of aromatic nitrogens is 4. The zero-order chi connectivity index (χ0) is 21.2. The Kier molecular flexibility index (Phi) is 4.33. The molecule has 2 bridgehead atoms. The fourth-order valence-corrected chi connectivity index (χ4v) is 7.58. The lowest BCUT2D eigenvalue weighted by atomic mass is 9.99. The minimum atomic E-state index is -3.13. The molecule has 3 aliphatic rings. The van der Waals surface area contributed by atoms with Crippen LogP contribution in [0, 0.1) is 6.92 Å². The van der Waals surface area contributed by atoms with Gasteiger partial charge in [-0.15, -0.1) is 0 Å². The summed E-state index contributed by atoms with van der Waals surface area (Å²) < 4.78 is 36.0. The number of nitrogens with zero attached hydrogens (tertiary/aromatic N) is 5. The van der Waals surface area contributed by atoms with Gasteiger partial charge in [-0.3, -0.25) is 4.98 Å². The van der Waals surface area contributed by atoms with Gasteiger partial charge < -0.3 is 9.30 Å². The molecule has 2 saturated heterocycles. The molecule has 1 aliphatic carbocycles. The molecule has 0 N–H and O–H groups in total. The third-order valence-electron chi connectivity index (χ3n) is 6.91. The first kappa shape index (κ1) is 19.2. The molecule has 6 rings (SSSR count). The van der Waals surface area contributed by atoms with Gasteiger partial charge in [0.25, 0.3) is 0 Å². The Morgan fingerprint density at radius 3 is 2.48 bits per heavy atom. The number of fused-ring (bicyclic) bond motifs is 3. The van der Waals surface area contributed by atoms with Crippen LogP contribution in [-0.4, -0.2) is 49.6 Å². The number of aryl methyl sites for hydroxylation is 1. The van der Waals surface area contributed by atoms with Gasteiger partial charge in [-0.1, -0.05) is 0 Å². The second-order valence-corrected chi connectivity index (χ2v) is 11.0. The lowest BCUT2D eigenvalue weighted by molar-refractivity contribution is 0.195. The van der Waals surface area contributed by atoms with Crippen LogP contribution < -0.4 is 4.74 Å². The highest BCUT2D eigenvalue weighted by Crippen LogP contribution is 2.46. The summed E-state index contributed by atoms with van der Waals surface area (Å²) in [4.78, 5) is 13.2. The van der Waals surface area contributed by atoms with E-state index in [4.69, 9.17) is 4.74 Å². The SMILES string of the molecule is Cc1ncccc1Oc1ncnc2c1ccn2C1C[C@@H]2CC[C@@H](C1)N2S(=O)(=O)C1CC1. The van der Waals surface area contributed by atoms with Crippen LogP contribution in [0.4, 0.5) is 0 Å². The first-order valence-electron chi connectivity index (χ1n) is 11.0. The summed E-state index contributed by atoms with van der Waals surface area (Å²) in [5, 5.41) is 0.717. The predicted molar refractivity (Wildman–Crippen MR) is 115 cm³/mol. The van der Waals surface area contributed by atoms with E-state index in [2.05, 4.69) is 19.5 Å². The second-order valence-electron chi connectivity index (χ2n) is 8.91. The van der Waals surface area contributed by atoms with E-state index in [0.717, 1.165) is 55.3 Å². The Morgan fingerprint density at radius 2 is 1.77 bits per heavy atom. The topological polar surface area (TPSA) is 90.2 Å². The van der Waals surface area contributed by atoms with E-state index in [9.17, 15) is 8.42 Å². The number of sulfonamides is 1. The van der Waals surface area contributed by atoms with Gasteiger partial charge in [0, 0.05) is 30.5 Å². The van der Waals surface area contributed by atoms with Crippen LogP contribution in [0.2, 0.25) is 0 Å². The minimum Gasteiger partial charge on any atom is -0.436 e. The number of pyridine rings is 1. The molecule has 8 nitrogen and oxygen atoms in total. The van der Waals surface area contributed by atoms with E-state index in [1.807, 2.05) is 35.6 Å². The first-order chi connectivity index (χ1) is 15.0. The molecule has 3 aromatic rings. The molecule has 0 spiro atoms. The zero-order valence-corrected chi connectivity index (χ0v) is 18.2. The smallest absolute Gasteiger partial charge is 0.231 e. The average molecular weight is 440 g/mol. The summed E-state index contributed by atoms with van der Waals surface area (Å²) in [6.45, 7) is 1.90. The number of hydrogen-bond donors (Lipinski definition) is 0. The van der Waals surface area contributed by atoms with Crippen molar-refractivity contribution in [2.75, 3.05) is 0 Å². The van der Waals surface area contributed by atoms with E-state index < -0.39 is 10.0 Å². The fraction of sp³-hybridized carbons (Fsp3) is 0.500. The Morgan fingerprint density at radius 1 is 1.00 bits per heavy atom. The van der Waals surface area contributed by atoms with Crippen molar-refractivity contribution in [3.63, 3.8) is 0 Å². The largest absolute Gasteiger partial charge is 0.436 e. The van der Waals surface area contributed by atoms with E-state index >= 15 is 0 Å². The summed E-state index contributed by atoms with van der Waals surface area (Å²) in [5.41, 5.74) is 1.63. The molecule has 162 valence electrons. The number of ether oxygens (including phenoxy) is 1. The molecule has 2 aliphatic heterocycles. The van der Waals surface area contributed by atoms with E-state index in [-0.39, 0.29) is 23.4 Å². The molecule has 3 aromatic heterocycles. The van der Waals surface area contributed by atoms with Crippen LogP contribution in [0.3, 0.4) is 0 Å². The number of hydrogen-bond acceptors (Lipinski definition) is 6. The molecular weight excluding hydrogens is 414 g/mol. The highest BCUT2D eigenvalue weighted by atomic mass is 32.2. The molecular formula is C22H25N5O3S. The molecule has 3 fully saturated rings. The van der Waals surface area contributed by atoms with Crippen molar-refractivity contribution < 1.29 is 13.2 Å². The van der Waals surface area contributed by atoms with Crippen LogP contribution in [0.5, 0.6) is 11.6 Å². The van der Waals surface area contributed by atoms with Gasteiger partial charge >= 0.3 is 0 Å². The quantitative estimate of drug-likeness (QED) is 0.604. The van der Waals surface area contributed by atoms with Crippen molar-refractivity contribution in [2.45, 2.75) is 68.8 Å². The third kappa shape index (κ3) is 3.13. The normalized spacial score (nSPS) is 26.4. The second kappa shape index (κ2) is 7.00. The molecule has 31 heavy (non-hydrogen) atoms. The first-order valence-corrected chi connectivity index (χ1v) is 12.5. The highest BCUT2D eigenvalue weighted by molar-refractivity contribution is 7.90. The summed E-state index contributed by atoms with van der Waals surface area (Å²) >= 11 is 0. The summed E-state index contributed by atoms with van der Waals surface area (Å²) in [7, 11) is -3.13. The molecule has 2 atom stereocenters. The van der Waals surface area contributed by atoms with Crippen LogP contribution in [-0.2, 0) is 10.0 Å². The maximum absolute atomic E-state index is 12.9. The van der Waals surface area contributed by atoms with Crippen molar-refractivity contribution in [3.8, 4) is 11.6 Å². The standard InChI is InChI=1S/C22H25N5O3S/c1-14-20(3-2-9-23-14)30-22-19-8-10-26(21(19)24-13-25-22)17-11-15-4-5-16(12-17)27(15)31(28,29)18-6-7-18/h2-3,8-10,13,15-18H,4-7,11-12H2,1H3/t15-,16-/m0/s1. The summed E-state index contributed by atoms with van der Waals surface area (Å²) in [6, 6.07) is 6.13. The van der Waals surface area contributed by atoms with Crippen LogP contribution in [0.15, 0.2) is 36.9 Å². The number of rotatable bonds is 5. The van der Waals surface area contributed by atoms with Crippen LogP contribution in [0.1, 0.15) is 50.3 Å². The zero-order valence-electron chi connectivity index (χ0n) is 17.4. The van der Waals surface area contributed by atoms with Gasteiger partial charge in [-0.05, 0) is 63.6 Å². The Hall–Kier alpha value is -2.52. The minimum absolute atomic E-state index is 0.0994. The lowest BCUT2D eigenvalue weighted by Gasteiger charge is -2.38. The van der Waals surface area contributed by atoms with Crippen LogP contribution in [0.25, 0.3) is 11.0 Å². The van der Waals surface area contributed by atoms with Crippen LogP contribution >= 0.6 is 0 Å². The van der Waals surface area contributed by atoms with Crippen molar-refractivity contribution in [2.24, 2.45) is 0 Å². The lowest BCUT2D eigenvalue weighted by Crippen LogP contribution is -2.48. The van der Waals surface area contributed by atoms with Gasteiger partial charge in [-0.2, -0.15) is 4.31 Å². The van der Waals surface area contributed by atoms with E-state index in [1.54, 1.807) is 6.20 Å². The van der Waals surface area contributed by atoms with Gasteiger partial charge in [0.1, 0.15) is 12.0 Å². The van der Waals surface area contributed by atoms with E-state index in [0.29, 0.717) is 11.6 Å². The van der Waals surface area contributed by atoms with Crippen molar-refractivity contribution in [1.29, 1.82) is 0 Å². The summed E-state index contributed by atoms with van der Waals surface area (Å²) in [5.74, 6) is 1.18. The van der Waals surface area contributed by atoms with Gasteiger partial charge in [-0.25, -0.2) is 18.4 Å². The third-order valence-corrected chi connectivity index (χ3v) is 9.41. The summed E-state index contributed by atoms with van der Waals surface area (Å²) in [6.07, 6.45) is 10.5. The number of piperidine rings is 1. The Bertz CT molecular complexity index is 1240. The maximum Gasteiger partial charge on any atom is 0.231 e. The monoisotopic (exact) mass is 439 g/mol. The van der Waals surface area contributed by atoms with Gasteiger partial charge in [0.05, 0.1) is 16.3 Å². The van der Waals surface area contributed by atoms with Gasteiger partial charge in [0.15, 0.2) is 5.75 Å². The molecule has 1 saturated carbocycles. The fourth-order valence-electron chi connectivity index (χ4n) is 5.29. The maximum atomic E-state index is 12.9. The molecule has 0 amide bonds. The molecule has 0 radical (unpaired) electrons. The van der Waals surface area contributed by atoms with E-state index in [1.165, 1.54) is 6.33 Å². The average Bonchev–Trinajstić information content (AvgIpc) is 3.48.